The van der Waals surface area contributed by atoms with Crippen LogP contribution in [0.2, 0.25) is 0 Å². The molecule has 110 valence electrons. The number of likely N-dealkylation sites (N-methyl/N-ethyl adjacent to an activating group) is 1. The monoisotopic (exact) mass is 281 g/mol. The van der Waals surface area contributed by atoms with Crippen LogP contribution in [0.5, 0.6) is 0 Å². The number of nitrogens with one attached hydrogen (secondary N) is 1. The zero-order valence-electron chi connectivity index (χ0n) is 11.7. The molecule has 2 unspecified atom stereocenters. The molecule has 2 heterocycles. The first-order valence-electron chi connectivity index (χ1n) is 6.40. The van der Waals surface area contributed by atoms with Crippen molar-refractivity contribution in [3.05, 3.63) is 24.3 Å². The van der Waals surface area contributed by atoms with Crippen LogP contribution in [0.3, 0.4) is 0 Å². The van der Waals surface area contributed by atoms with Crippen LogP contribution in [0.15, 0.2) is 24.3 Å². The zero-order valence-corrected chi connectivity index (χ0v) is 11.7. The second kappa shape index (κ2) is 6.06. The third-order valence-corrected chi connectivity index (χ3v) is 3.38. The number of hydroxylamine groups is 2. The van der Waals surface area contributed by atoms with Gasteiger partial charge in [-0.3, -0.25) is 9.63 Å². The molecule has 1 N–H and O–H groups in total. The van der Waals surface area contributed by atoms with Crippen molar-refractivity contribution < 1.29 is 19.2 Å². The topological polar surface area (TPSA) is 71.1 Å². The highest BCUT2D eigenvalue weighted by Gasteiger charge is 2.48. The minimum Gasteiger partial charge on any atom is -0.382 e. The van der Waals surface area contributed by atoms with E-state index in [4.69, 9.17) is 9.57 Å². The van der Waals surface area contributed by atoms with Gasteiger partial charge in [0.1, 0.15) is 6.04 Å². The first-order valence-corrected chi connectivity index (χ1v) is 6.40. The summed E-state index contributed by atoms with van der Waals surface area (Å²) in [5.41, 5.74) is 0.528. The number of hydrogen-bond donors (Lipinski definition) is 1. The summed E-state index contributed by atoms with van der Waals surface area (Å²) >= 11 is 0. The SMILES string of the molecule is C=CCON1C(=O)N2CC1C(C(=O)NC)=CC2COC. The average Bonchev–Trinajstić information content (AvgIpc) is 2.73. The summed E-state index contributed by atoms with van der Waals surface area (Å²) in [7, 11) is 3.12. The van der Waals surface area contributed by atoms with E-state index in [1.807, 2.05) is 0 Å². The highest BCUT2D eigenvalue weighted by molar-refractivity contribution is 5.97. The Labute approximate surface area is 117 Å². The summed E-state index contributed by atoms with van der Waals surface area (Å²) < 4.78 is 5.11. The molecule has 2 aliphatic rings. The van der Waals surface area contributed by atoms with Gasteiger partial charge in [0.2, 0.25) is 5.91 Å². The van der Waals surface area contributed by atoms with E-state index in [-0.39, 0.29) is 24.6 Å². The summed E-state index contributed by atoms with van der Waals surface area (Å²) in [5, 5.41) is 3.84. The standard InChI is InChI=1S/C13H19N3O4/c1-4-5-20-16-11-7-15(13(16)18)9(8-19-3)6-10(11)12(17)14-2/h4,6,9,11H,1,5,7-8H2,2-3H3,(H,14,17). The van der Waals surface area contributed by atoms with E-state index in [0.717, 1.165) is 0 Å². The summed E-state index contributed by atoms with van der Waals surface area (Å²) in [6.07, 6.45) is 3.33. The van der Waals surface area contributed by atoms with Gasteiger partial charge < -0.3 is 15.0 Å². The predicted molar refractivity (Wildman–Crippen MR) is 71.7 cm³/mol. The molecule has 20 heavy (non-hydrogen) atoms. The lowest BCUT2D eigenvalue weighted by Crippen LogP contribution is -2.43. The molecule has 0 saturated carbocycles. The fraction of sp³-hybridized carbons (Fsp3) is 0.538. The number of methoxy groups -OCH3 is 1. The molecule has 1 saturated heterocycles. The Kier molecular flexibility index (Phi) is 4.41. The molecule has 7 heteroatoms. The normalized spacial score (nSPS) is 24.7. The lowest BCUT2D eigenvalue weighted by atomic mass is 9.99. The molecular weight excluding hydrogens is 262 g/mol. The number of ether oxygens (including phenoxy) is 1. The highest BCUT2D eigenvalue weighted by Crippen LogP contribution is 2.30. The third kappa shape index (κ3) is 2.41. The van der Waals surface area contributed by atoms with Gasteiger partial charge in [-0.05, 0) is 6.08 Å². The number of nitrogens with zero attached hydrogens (tertiary/aromatic N) is 2. The molecule has 3 amide bonds. The molecule has 0 aliphatic carbocycles. The average molecular weight is 281 g/mol. The lowest BCUT2D eigenvalue weighted by Gasteiger charge is -2.28. The number of amides is 3. The van der Waals surface area contributed by atoms with E-state index < -0.39 is 6.04 Å². The summed E-state index contributed by atoms with van der Waals surface area (Å²) in [5.74, 6) is -0.211. The van der Waals surface area contributed by atoms with Gasteiger partial charge in [0.25, 0.3) is 0 Å². The smallest absolute Gasteiger partial charge is 0.345 e. The molecule has 1 fully saturated rings. The fourth-order valence-electron chi connectivity index (χ4n) is 2.47. The Balaban J connectivity index is 2.28. The van der Waals surface area contributed by atoms with Gasteiger partial charge in [0, 0.05) is 19.7 Å². The van der Waals surface area contributed by atoms with Gasteiger partial charge in [-0.25, -0.2) is 4.79 Å². The highest BCUT2D eigenvalue weighted by atomic mass is 16.7. The van der Waals surface area contributed by atoms with Gasteiger partial charge >= 0.3 is 6.03 Å². The Morgan fingerprint density at radius 2 is 2.40 bits per heavy atom. The molecule has 7 nitrogen and oxygen atoms in total. The molecule has 2 atom stereocenters. The van der Waals surface area contributed by atoms with Crippen molar-refractivity contribution in [1.82, 2.24) is 15.3 Å². The van der Waals surface area contributed by atoms with Crippen LogP contribution in [0, 0.1) is 0 Å². The number of urea groups is 1. The van der Waals surface area contributed by atoms with E-state index >= 15 is 0 Å². The molecule has 2 aliphatic heterocycles. The second-order valence-electron chi connectivity index (χ2n) is 4.58. The van der Waals surface area contributed by atoms with Crippen molar-refractivity contribution >= 4 is 11.9 Å². The molecule has 0 aromatic rings. The maximum atomic E-state index is 12.3. The minimum absolute atomic E-state index is 0.211. The summed E-state index contributed by atoms with van der Waals surface area (Å²) in [6.45, 7) is 4.53. The Hall–Kier alpha value is -1.86. The van der Waals surface area contributed by atoms with Gasteiger partial charge in [-0.2, -0.15) is 5.06 Å². The molecule has 0 aromatic carbocycles. The van der Waals surface area contributed by atoms with E-state index in [0.29, 0.717) is 18.7 Å². The fourth-order valence-corrected chi connectivity index (χ4v) is 2.47. The Morgan fingerprint density at radius 1 is 1.65 bits per heavy atom. The predicted octanol–water partition coefficient (Wildman–Crippen LogP) is -0.0888. The summed E-state index contributed by atoms with van der Waals surface area (Å²) in [4.78, 5) is 31.3. The molecule has 0 spiro atoms. The molecular formula is C13H19N3O4. The third-order valence-electron chi connectivity index (χ3n) is 3.38. The van der Waals surface area contributed by atoms with E-state index in [1.54, 1.807) is 31.2 Å². The van der Waals surface area contributed by atoms with Crippen LogP contribution in [-0.2, 0) is 14.4 Å². The maximum absolute atomic E-state index is 12.3. The molecule has 2 rings (SSSR count). The van der Waals surface area contributed by atoms with Crippen LogP contribution in [0.25, 0.3) is 0 Å². The maximum Gasteiger partial charge on any atom is 0.345 e. The van der Waals surface area contributed by atoms with Crippen molar-refractivity contribution in [2.45, 2.75) is 12.1 Å². The number of rotatable bonds is 6. The van der Waals surface area contributed by atoms with Gasteiger partial charge in [-0.15, -0.1) is 6.58 Å². The van der Waals surface area contributed by atoms with Crippen molar-refractivity contribution in [3.8, 4) is 0 Å². The number of carbonyl (C=O) groups is 2. The first kappa shape index (κ1) is 14.5. The van der Waals surface area contributed by atoms with E-state index in [9.17, 15) is 9.59 Å². The van der Waals surface area contributed by atoms with Gasteiger partial charge in [-0.1, -0.05) is 6.08 Å². The number of carbonyl (C=O) groups excluding carboxylic acids is 2. The van der Waals surface area contributed by atoms with Crippen LogP contribution < -0.4 is 5.32 Å². The van der Waals surface area contributed by atoms with Gasteiger partial charge in [0.15, 0.2) is 0 Å². The first-order chi connectivity index (χ1) is 9.63. The Bertz CT molecular complexity index is 449. The molecule has 0 aromatic heterocycles. The van der Waals surface area contributed by atoms with Gasteiger partial charge in [0.05, 0.1) is 25.8 Å². The van der Waals surface area contributed by atoms with Crippen molar-refractivity contribution in [1.29, 1.82) is 0 Å². The van der Waals surface area contributed by atoms with Crippen LogP contribution in [0.1, 0.15) is 0 Å². The van der Waals surface area contributed by atoms with Crippen LogP contribution in [0.4, 0.5) is 4.79 Å². The Morgan fingerprint density at radius 3 is 3.00 bits per heavy atom. The lowest BCUT2D eigenvalue weighted by molar-refractivity contribution is -0.124. The van der Waals surface area contributed by atoms with Crippen LogP contribution >= 0.6 is 0 Å². The molecule has 0 radical (unpaired) electrons. The number of fused-ring (bicyclic) bond motifs is 2. The van der Waals surface area contributed by atoms with Crippen molar-refractivity contribution in [3.63, 3.8) is 0 Å². The zero-order chi connectivity index (χ0) is 14.7. The largest absolute Gasteiger partial charge is 0.382 e. The van der Waals surface area contributed by atoms with E-state index in [2.05, 4.69) is 11.9 Å². The number of hydrogen-bond acceptors (Lipinski definition) is 4. The minimum atomic E-state index is -0.393. The summed E-state index contributed by atoms with van der Waals surface area (Å²) in [6, 6.07) is -0.905. The van der Waals surface area contributed by atoms with Crippen LogP contribution in [-0.4, -0.2) is 67.9 Å². The van der Waals surface area contributed by atoms with Crippen molar-refractivity contribution in [2.75, 3.05) is 33.9 Å². The van der Waals surface area contributed by atoms with E-state index in [1.165, 1.54) is 5.06 Å². The molecule has 2 bridgehead atoms. The second-order valence-corrected chi connectivity index (χ2v) is 4.58. The van der Waals surface area contributed by atoms with Crippen molar-refractivity contribution in [2.24, 2.45) is 0 Å². The quantitative estimate of drug-likeness (QED) is 0.691.